The summed E-state index contributed by atoms with van der Waals surface area (Å²) in [6, 6.07) is 22.2. The van der Waals surface area contributed by atoms with Crippen molar-refractivity contribution >= 4 is 11.6 Å². The maximum Gasteiger partial charge on any atom is 0.259 e. The summed E-state index contributed by atoms with van der Waals surface area (Å²) in [4.78, 5) is 12.8. The fraction of sp³-hybridized carbons (Fsp3) is 0.174. The van der Waals surface area contributed by atoms with Gasteiger partial charge in [0, 0.05) is 7.11 Å². The van der Waals surface area contributed by atoms with Gasteiger partial charge in [-0.05, 0) is 43.3 Å². The summed E-state index contributed by atoms with van der Waals surface area (Å²) in [5.41, 5.74) is 2.18. The second kappa shape index (κ2) is 9.58. The molecule has 0 spiro atoms. The smallest absolute Gasteiger partial charge is 0.259 e. The van der Waals surface area contributed by atoms with Gasteiger partial charge in [-0.2, -0.15) is 0 Å². The molecular weight excluding hydrogens is 354 g/mol. The molecule has 0 saturated heterocycles. The molecule has 1 N–H and O–H groups in total. The number of ether oxygens (including phenoxy) is 3. The first-order chi connectivity index (χ1) is 13.7. The van der Waals surface area contributed by atoms with Crippen LogP contribution in [0, 0.1) is 6.92 Å². The molecule has 28 heavy (non-hydrogen) atoms. The third-order valence-corrected chi connectivity index (χ3v) is 4.06. The number of methoxy groups -OCH3 is 1. The summed E-state index contributed by atoms with van der Waals surface area (Å²) in [6.07, 6.45) is 0. The van der Waals surface area contributed by atoms with Crippen LogP contribution in [0.5, 0.6) is 17.2 Å². The molecule has 0 heterocycles. The highest BCUT2D eigenvalue weighted by Crippen LogP contribution is 2.30. The summed E-state index contributed by atoms with van der Waals surface area (Å²) >= 11 is 0. The zero-order valence-electron chi connectivity index (χ0n) is 16.0. The minimum atomic E-state index is -0.270. The Balaban J connectivity index is 1.77. The van der Waals surface area contributed by atoms with Crippen molar-refractivity contribution in [3.8, 4) is 17.2 Å². The van der Waals surface area contributed by atoms with Crippen LogP contribution in [-0.4, -0.2) is 26.2 Å². The van der Waals surface area contributed by atoms with E-state index < -0.39 is 0 Å². The van der Waals surface area contributed by atoms with E-state index in [0.717, 1.165) is 5.56 Å². The fourth-order valence-corrected chi connectivity index (χ4v) is 2.60. The predicted molar refractivity (Wildman–Crippen MR) is 109 cm³/mol. The van der Waals surface area contributed by atoms with E-state index in [-0.39, 0.29) is 5.91 Å². The third kappa shape index (κ3) is 5.11. The summed E-state index contributed by atoms with van der Waals surface area (Å²) < 4.78 is 16.6. The van der Waals surface area contributed by atoms with Crippen LogP contribution in [0.25, 0.3) is 0 Å². The Bertz CT molecular complexity index is 922. The molecule has 3 rings (SSSR count). The number of para-hydroxylation sites is 3. The van der Waals surface area contributed by atoms with Gasteiger partial charge in [-0.3, -0.25) is 4.79 Å². The van der Waals surface area contributed by atoms with Gasteiger partial charge in [0.05, 0.1) is 17.9 Å². The molecule has 144 valence electrons. The summed E-state index contributed by atoms with van der Waals surface area (Å²) in [5, 5.41) is 2.91. The van der Waals surface area contributed by atoms with Gasteiger partial charge >= 0.3 is 0 Å². The second-order valence-corrected chi connectivity index (χ2v) is 6.20. The van der Waals surface area contributed by atoms with E-state index in [1.165, 1.54) is 0 Å². The molecule has 0 radical (unpaired) electrons. The van der Waals surface area contributed by atoms with E-state index in [9.17, 15) is 4.79 Å². The van der Waals surface area contributed by atoms with Gasteiger partial charge in [0.15, 0.2) is 5.75 Å². The molecule has 3 aromatic rings. The van der Waals surface area contributed by atoms with Crippen molar-refractivity contribution < 1.29 is 19.0 Å². The molecular formula is C23H23NO4. The Morgan fingerprint density at radius 1 is 0.857 bits per heavy atom. The number of carbonyl (C=O) groups excluding carboxylic acids is 1. The fourth-order valence-electron chi connectivity index (χ4n) is 2.60. The Morgan fingerprint density at radius 2 is 1.54 bits per heavy atom. The highest BCUT2D eigenvalue weighted by molar-refractivity contribution is 6.06. The van der Waals surface area contributed by atoms with Crippen LogP contribution in [0.15, 0.2) is 72.8 Å². The molecule has 5 nitrogen and oxygen atoms in total. The molecule has 0 aliphatic carbocycles. The average molecular weight is 377 g/mol. The first-order valence-electron chi connectivity index (χ1n) is 9.03. The van der Waals surface area contributed by atoms with Crippen molar-refractivity contribution in [3.05, 3.63) is 83.9 Å². The Morgan fingerprint density at radius 3 is 2.29 bits per heavy atom. The van der Waals surface area contributed by atoms with Crippen molar-refractivity contribution in [2.24, 2.45) is 0 Å². The highest BCUT2D eigenvalue weighted by atomic mass is 16.5. The van der Waals surface area contributed by atoms with Crippen molar-refractivity contribution in [3.63, 3.8) is 0 Å². The topological polar surface area (TPSA) is 56.8 Å². The van der Waals surface area contributed by atoms with Crippen LogP contribution < -0.4 is 14.8 Å². The average Bonchev–Trinajstić information content (AvgIpc) is 2.71. The quantitative estimate of drug-likeness (QED) is 0.557. The molecule has 0 fully saturated rings. The minimum Gasteiger partial charge on any atom is -0.490 e. The van der Waals surface area contributed by atoms with Crippen LogP contribution in [0.3, 0.4) is 0 Å². The van der Waals surface area contributed by atoms with E-state index in [4.69, 9.17) is 14.2 Å². The molecule has 1 amide bonds. The van der Waals surface area contributed by atoms with Crippen LogP contribution in [0.2, 0.25) is 0 Å². The predicted octanol–water partition coefficient (Wildman–Crippen LogP) is 5.06. The molecule has 0 aliphatic rings. The molecule has 0 atom stereocenters. The Hall–Kier alpha value is -3.31. The monoisotopic (exact) mass is 377 g/mol. The number of benzene rings is 3. The maximum atomic E-state index is 12.8. The zero-order chi connectivity index (χ0) is 19.8. The molecule has 0 bridgehead atoms. The van der Waals surface area contributed by atoms with Gasteiger partial charge in [0.2, 0.25) is 0 Å². The summed E-state index contributed by atoms with van der Waals surface area (Å²) in [7, 11) is 1.60. The first kappa shape index (κ1) is 19.5. The maximum absolute atomic E-state index is 12.8. The SMILES string of the molecule is COCCOc1ccccc1C(=O)Nc1ccccc1Oc1ccc(C)cc1. The molecule has 0 aromatic heterocycles. The lowest BCUT2D eigenvalue weighted by molar-refractivity contribution is 0.101. The van der Waals surface area contributed by atoms with E-state index >= 15 is 0 Å². The zero-order valence-corrected chi connectivity index (χ0v) is 16.0. The largest absolute Gasteiger partial charge is 0.490 e. The molecule has 0 saturated carbocycles. The summed E-state index contributed by atoms with van der Waals surface area (Å²) in [5.74, 6) is 1.51. The molecule has 3 aromatic carbocycles. The summed E-state index contributed by atoms with van der Waals surface area (Å²) in [6.45, 7) is 2.83. The Kier molecular flexibility index (Phi) is 6.65. The van der Waals surface area contributed by atoms with Crippen molar-refractivity contribution in [2.45, 2.75) is 6.92 Å². The van der Waals surface area contributed by atoms with E-state index in [2.05, 4.69) is 5.32 Å². The van der Waals surface area contributed by atoms with Gasteiger partial charge in [-0.25, -0.2) is 0 Å². The standard InChI is InChI=1S/C23H23NO4/c1-17-11-13-18(14-12-17)28-22-10-6-4-8-20(22)24-23(25)19-7-3-5-9-21(19)27-16-15-26-2/h3-14H,15-16H2,1-2H3,(H,24,25). The Labute approximate surface area is 164 Å². The molecule has 0 unspecified atom stereocenters. The number of aryl methyl sites for hydroxylation is 1. The van der Waals surface area contributed by atoms with Crippen LogP contribution in [0.4, 0.5) is 5.69 Å². The van der Waals surface area contributed by atoms with Crippen LogP contribution in [0.1, 0.15) is 15.9 Å². The normalized spacial score (nSPS) is 10.4. The lowest BCUT2D eigenvalue weighted by Crippen LogP contribution is -2.15. The van der Waals surface area contributed by atoms with Gasteiger partial charge < -0.3 is 19.5 Å². The van der Waals surface area contributed by atoms with Crippen LogP contribution >= 0.6 is 0 Å². The lowest BCUT2D eigenvalue weighted by atomic mass is 10.1. The number of carbonyl (C=O) groups is 1. The lowest BCUT2D eigenvalue weighted by Gasteiger charge is -2.14. The number of amides is 1. The number of anilines is 1. The number of hydrogen-bond acceptors (Lipinski definition) is 4. The first-order valence-corrected chi connectivity index (χ1v) is 9.03. The molecule has 0 aliphatic heterocycles. The molecule has 5 heteroatoms. The second-order valence-electron chi connectivity index (χ2n) is 6.20. The highest BCUT2D eigenvalue weighted by Gasteiger charge is 2.14. The van der Waals surface area contributed by atoms with E-state index in [1.54, 1.807) is 31.4 Å². The van der Waals surface area contributed by atoms with Crippen molar-refractivity contribution in [1.29, 1.82) is 0 Å². The number of nitrogens with one attached hydrogen (secondary N) is 1. The minimum absolute atomic E-state index is 0.270. The number of rotatable bonds is 8. The van der Waals surface area contributed by atoms with E-state index in [0.29, 0.717) is 41.7 Å². The van der Waals surface area contributed by atoms with Crippen molar-refractivity contribution in [2.75, 3.05) is 25.6 Å². The van der Waals surface area contributed by atoms with Gasteiger partial charge in [-0.1, -0.05) is 42.0 Å². The third-order valence-electron chi connectivity index (χ3n) is 4.06. The van der Waals surface area contributed by atoms with Gasteiger partial charge in [-0.15, -0.1) is 0 Å². The van der Waals surface area contributed by atoms with Crippen molar-refractivity contribution in [1.82, 2.24) is 0 Å². The van der Waals surface area contributed by atoms with E-state index in [1.807, 2.05) is 55.5 Å². The van der Waals surface area contributed by atoms with Gasteiger partial charge in [0.1, 0.15) is 18.1 Å². The number of hydrogen-bond donors (Lipinski definition) is 1. The van der Waals surface area contributed by atoms with Crippen LogP contribution in [-0.2, 0) is 4.74 Å². The van der Waals surface area contributed by atoms with Gasteiger partial charge in [0.25, 0.3) is 5.91 Å².